The highest BCUT2D eigenvalue weighted by atomic mass is 35.5. The monoisotopic (exact) mass is 453 g/mol. The number of carbonyl (C=O) groups is 1. The summed E-state index contributed by atoms with van der Waals surface area (Å²) in [5, 5.41) is 20.9. The van der Waals surface area contributed by atoms with E-state index >= 15 is 0 Å². The molecular formula is C18H14Cl2FN5O2S. The summed E-state index contributed by atoms with van der Waals surface area (Å²) in [5.41, 5.74) is 0.464. The van der Waals surface area contributed by atoms with Crippen LogP contribution in [0.4, 0.5) is 10.2 Å². The summed E-state index contributed by atoms with van der Waals surface area (Å²) in [6, 6.07) is 7.11. The van der Waals surface area contributed by atoms with E-state index in [9.17, 15) is 9.18 Å². The van der Waals surface area contributed by atoms with Gasteiger partial charge >= 0.3 is 5.97 Å². The first-order valence-corrected chi connectivity index (χ1v) is 10.2. The second kappa shape index (κ2) is 7.81. The van der Waals surface area contributed by atoms with Crippen LogP contribution in [-0.4, -0.2) is 44.0 Å². The first-order valence-electron chi connectivity index (χ1n) is 8.61. The van der Waals surface area contributed by atoms with E-state index in [-0.39, 0.29) is 15.1 Å². The highest BCUT2D eigenvalue weighted by molar-refractivity contribution is 7.19. The zero-order valence-electron chi connectivity index (χ0n) is 14.8. The second-order valence-corrected chi connectivity index (χ2v) is 8.74. The van der Waals surface area contributed by atoms with Gasteiger partial charge in [-0.25, -0.2) is 14.2 Å². The standard InChI is InChI=1S/C18H14Cl2FN5O2S/c19-10-5-11(16-24-13(17(27)28)14(20)29-16)25-26-15(10)23-8-18(6-9(21)7-18)12-3-1-2-4-22-12/h1-5,9H,6-8H2,(H,23,26)(H,27,28). The Morgan fingerprint density at radius 3 is 2.72 bits per heavy atom. The number of thiazole rings is 1. The summed E-state index contributed by atoms with van der Waals surface area (Å²) in [4.78, 5) is 19.4. The molecule has 0 radical (unpaired) electrons. The molecule has 0 aliphatic heterocycles. The number of anilines is 1. The molecule has 0 bridgehead atoms. The third kappa shape index (κ3) is 3.90. The van der Waals surface area contributed by atoms with Gasteiger partial charge in [-0.05, 0) is 31.0 Å². The molecule has 2 N–H and O–H groups in total. The summed E-state index contributed by atoms with van der Waals surface area (Å²) in [6.45, 7) is 0.407. The third-order valence-electron chi connectivity index (χ3n) is 4.78. The second-order valence-electron chi connectivity index (χ2n) is 6.73. The lowest BCUT2D eigenvalue weighted by molar-refractivity contribution is 0.0691. The van der Waals surface area contributed by atoms with Crippen molar-refractivity contribution in [1.29, 1.82) is 0 Å². The molecule has 3 heterocycles. The van der Waals surface area contributed by atoms with Gasteiger partial charge in [-0.1, -0.05) is 40.6 Å². The van der Waals surface area contributed by atoms with E-state index in [2.05, 4.69) is 25.5 Å². The summed E-state index contributed by atoms with van der Waals surface area (Å²) in [6.07, 6.45) is 1.57. The van der Waals surface area contributed by atoms with Crippen LogP contribution in [0.5, 0.6) is 0 Å². The molecule has 4 rings (SSSR count). The number of halogens is 3. The third-order valence-corrected chi connectivity index (χ3v) is 6.35. The number of alkyl halides is 1. The summed E-state index contributed by atoms with van der Waals surface area (Å²) in [5.74, 6) is -0.879. The Morgan fingerprint density at radius 2 is 2.14 bits per heavy atom. The minimum Gasteiger partial charge on any atom is -0.476 e. The summed E-state index contributed by atoms with van der Waals surface area (Å²) < 4.78 is 13.7. The van der Waals surface area contributed by atoms with Crippen molar-refractivity contribution in [1.82, 2.24) is 20.2 Å². The van der Waals surface area contributed by atoms with Crippen molar-refractivity contribution in [3.63, 3.8) is 0 Å². The lowest BCUT2D eigenvalue weighted by Gasteiger charge is -2.44. The van der Waals surface area contributed by atoms with Crippen LogP contribution in [0.25, 0.3) is 10.7 Å². The normalized spacial score (nSPS) is 20.9. The Morgan fingerprint density at radius 1 is 1.34 bits per heavy atom. The quantitative estimate of drug-likeness (QED) is 0.566. The van der Waals surface area contributed by atoms with E-state index in [1.165, 1.54) is 6.07 Å². The highest BCUT2D eigenvalue weighted by Gasteiger charge is 2.47. The molecule has 0 spiro atoms. The number of aromatic carboxylic acids is 1. The van der Waals surface area contributed by atoms with Gasteiger partial charge in [0.15, 0.2) is 11.5 Å². The number of hydrogen-bond donors (Lipinski definition) is 2. The number of rotatable bonds is 6. The minimum absolute atomic E-state index is 0.0516. The molecule has 1 aliphatic carbocycles. The number of hydrogen-bond acceptors (Lipinski definition) is 7. The zero-order chi connectivity index (χ0) is 20.6. The fourth-order valence-electron chi connectivity index (χ4n) is 3.30. The predicted molar refractivity (Wildman–Crippen MR) is 109 cm³/mol. The Bertz CT molecular complexity index is 1060. The lowest BCUT2D eigenvalue weighted by Crippen LogP contribution is -2.48. The molecule has 7 nitrogen and oxygen atoms in total. The van der Waals surface area contributed by atoms with Gasteiger partial charge in [0.05, 0.1) is 5.02 Å². The van der Waals surface area contributed by atoms with Crippen LogP contribution in [-0.2, 0) is 5.41 Å². The van der Waals surface area contributed by atoms with E-state index in [0.29, 0.717) is 35.9 Å². The van der Waals surface area contributed by atoms with Gasteiger partial charge in [-0.3, -0.25) is 4.98 Å². The van der Waals surface area contributed by atoms with Crippen LogP contribution in [0, 0.1) is 0 Å². The van der Waals surface area contributed by atoms with E-state index in [1.54, 1.807) is 6.20 Å². The number of nitrogens with zero attached hydrogens (tertiary/aromatic N) is 4. The number of nitrogens with one attached hydrogen (secondary N) is 1. The molecular weight excluding hydrogens is 440 g/mol. The molecule has 1 saturated carbocycles. The molecule has 0 atom stereocenters. The molecule has 0 amide bonds. The SMILES string of the molecule is O=C(O)c1nc(-c2cc(Cl)c(NCC3(c4ccccn4)CC(F)C3)nn2)sc1Cl. The van der Waals surface area contributed by atoms with Crippen molar-refractivity contribution in [2.45, 2.75) is 24.4 Å². The van der Waals surface area contributed by atoms with Gasteiger partial charge in [0.25, 0.3) is 0 Å². The number of aromatic nitrogens is 4. The Labute approximate surface area is 178 Å². The van der Waals surface area contributed by atoms with Crippen LogP contribution in [0.15, 0.2) is 30.5 Å². The Balaban J connectivity index is 1.53. The topological polar surface area (TPSA) is 101 Å². The minimum atomic E-state index is -1.22. The Kier molecular flexibility index (Phi) is 5.37. The van der Waals surface area contributed by atoms with Gasteiger partial charge in [-0.2, -0.15) is 0 Å². The number of pyridine rings is 1. The summed E-state index contributed by atoms with van der Waals surface area (Å²) >= 11 is 13.2. The van der Waals surface area contributed by atoms with Crippen molar-refractivity contribution in [2.24, 2.45) is 0 Å². The summed E-state index contributed by atoms with van der Waals surface area (Å²) in [7, 11) is 0. The molecule has 0 aromatic carbocycles. The Hall–Kier alpha value is -2.36. The van der Waals surface area contributed by atoms with Crippen LogP contribution in [0.1, 0.15) is 29.0 Å². The van der Waals surface area contributed by atoms with E-state index < -0.39 is 17.6 Å². The molecule has 150 valence electrons. The van der Waals surface area contributed by atoms with E-state index in [4.69, 9.17) is 28.3 Å². The highest BCUT2D eigenvalue weighted by Crippen LogP contribution is 2.45. The van der Waals surface area contributed by atoms with Gasteiger partial charge in [-0.15, -0.1) is 10.2 Å². The van der Waals surface area contributed by atoms with Gasteiger partial charge < -0.3 is 10.4 Å². The average Bonchev–Trinajstić information content (AvgIpc) is 3.07. The van der Waals surface area contributed by atoms with Crippen molar-refractivity contribution in [3.05, 3.63) is 51.2 Å². The molecule has 11 heteroatoms. The van der Waals surface area contributed by atoms with Crippen LogP contribution in [0.3, 0.4) is 0 Å². The van der Waals surface area contributed by atoms with Crippen LogP contribution in [0.2, 0.25) is 9.36 Å². The van der Waals surface area contributed by atoms with Crippen LogP contribution < -0.4 is 5.32 Å². The molecule has 29 heavy (non-hydrogen) atoms. The van der Waals surface area contributed by atoms with E-state index in [1.807, 2.05) is 18.2 Å². The fourth-order valence-corrected chi connectivity index (χ4v) is 4.59. The first kappa shape index (κ1) is 19.9. The predicted octanol–water partition coefficient (Wildman–Crippen LogP) is 4.48. The van der Waals surface area contributed by atoms with Gasteiger partial charge in [0.2, 0.25) is 0 Å². The maximum Gasteiger partial charge on any atom is 0.356 e. The number of carboxylic acids is 1. The van der Waals surface area contributed by atoms with Crippen LogP contribution >= 0.6 is 34.5 Å². The maximum absolute atomic E-state index is 13.7. The molecule has 1 fully saturated rings. The maximum atomic E-state index is 13.7. The largest absolute Gasteiger partial charge is 0.476 e. The molecule has 1 aliphatic rings. The van der Waals surface area contributed by atoms with E-state index in [0.717, 1.165) is 17.0 Å². The molecule has 0 unspecified atom stereocenters. The first-order chi connectivity index (χ1) is 13.9. The van der Waals surface area contributed by atoms with Crippen molar-refractivity contribution in [3.8, 4) is 10.7 Å². The van der Waals surface area contributed by atoms with Crippen molar-refractivity contribution in [2.75, 3.05) is 11.9 Å². The lowest BCUT2D eigenvalue weighted by atomic mass is 9.65. The number of carboxylic acid groups (broad SMARTS) is 1. The molecule has 3 aromatic rings. The average molecular weight is 454 g/mol. The zero-order valence-corrected chi connectivity index (χ0v) is 17.1. The van der Waals surface area contributed by atoms with Crippen molar-refractivity contribution < 1.29 is 14.3 Å². The smallest absolute Gasteiger partial charge is 0.356 e. The molecule has 3 aromatic heterocycles. The van der Waals surface area contributed by atoms with Gasteiger partial charge in [0.1, 0.15) is 21.2 Å². The van der Waals surface area contributed by atoms with Crippen molar-refractivity contribution >= 4 is 46.3 Å². The fraction of sp³-hybridized carbons (Fsp3) is 0.278. The molecule has 0 saturated heterocycles. The van der Waals surface area contributed by atoms with Gasteiger partial charge in [0, 0.05) is 23.9 Å².